The highest BCUT2D eigenvalue weighted by molar-refractivity contribution is 7.91. The van der Waals surface area contributed by atoms with Gasteiger partial charge in [0.15, 0.2) is 0 Å². The highest BCUT2D eigenvalue weighted by atomic mass is 35.5. The molecule has 2 saturated carbocycles. The van der Waals surface area contributed by atoms with E-state index in [2.05, 4.69) is 15.3 Å². The van der Waals surface area contributed by atoms with E-state index in [0.717, 1.165) is 18.7 Å². The van der Waals surface area contributed by atoms with Gasteiger partial charge in [0.05, 0.1) is 23.1 Å². The molecule has 15 nitrogen and oxygen atoms in total. The number of nitrogens with one attached hydrogen (secondary N) is 2. The van der Waals surface area contributed by atoms with Gasteiger partial charge in [-0.3, -0.25) is 28.4 Å². The second kappa shape index (κ2) is 15.6. The lowest BCUT2D eigenvalue weighted by Gasteiger charge is -2.47. The highest BCUT2D eigenvalue weighted by Gasteiger charge is 2.64. The van der Waals surface area contributed by atoms with Crippen molar-refractivity contribution in [1.82, 2.24) is 34.2 Å². The van der Waals surface area contributed by atoms with Crippen molar-refractivity contribution in [3.05, 3.63) is 47.3 Å². The number of amides is 4. The number of imidazole rings is 1. The minimum Gasteiger partial charge on any atom is -0.472 e. The summed E-state index contributed by atoms with van der Waals surface area (Å²) in [7, 11) is -4.49. The molecule has 0 bridgehead atoms. The van der Waals surface area contributed by atoms with E-state index in [1.54, 1.807) is 54.8 Å². The first-order chi connectivity index (χ1) is 28.4. The summed E-state index contributed by atoms with van der Waals surface area (Å²) in [5.41, 5.74) is -2.94. The van der Waals surface area contributed by atoms with Crippen molar-refractivity contribution in [2.45, 2.75) is 126 Å². The predicted octanol–water partition coefficient (Wildman–Crippen LogP) is 5.81. The fourth-order valence-electron chi connectivity index (χ4n) is 8.84. The van der Waals surface area contributed by atoms with Crippen LogP contribution in [0, 0.1) is 24.7 Å². The molecule has 7 atom stereocenters. The molecule has 7 rings (SSSR count). The van der Waals surface area contributed by atoms with Crippen LogP contribution in [0.25, 0.3) is 16.7 Å². The van der Waals surface area contributed by atoms with Crippen LogP contribution >= 0.6 is 11.6 Å². The van der Waals surface area contributed by atoms with Crippen molar-refractivity contribution in [3.8, 4) is 5.88 Å². The Labute approximate surface area is 356 Å². The summed E-state index contributed by atoms with van der Waals surface area (Å²) < 4.78 is 79.8. The molecular weight excluding hydrogens is 843 g/mol. The molecule has 1 aromatic carbocycles. The topological polar surface area (TPSA) is 193 Å². The first-order valence-electron chi connectivity index (χ1n) is 20.4. The average Bonchev–Trinajstić information content (AvgIpc) is 4.02. The lowest BCUT2D eigenvalue weighted by atomic mass is 9.84. The third-order valence-electron chi connectivity index (χ3n) is 13.1. The molecule has 4 heterocycles. The van der Waals surface area contributed by atoms with Gasteiger partial charge in [-0.15, -0.1) is 0 Å². The van der Waals surface area contributed by atoms with Gasteiger partial charge in [-0.2, -0.15) is 4.98 Å². The first-order valence-corrected chi connectivity index (χ1v) is 22.2. The Bertz CT molecular complexity index is 2420. The van der Waals surface area contributed by atoms with Crippen molar-refractivity contribution < 1.29 is 50.6 Å². The van der Waals surface area contributed by atoms with E-state index in [4.69, 9.17) is 16.3 Å². The second-order valence-electron chi connectivity index (χ2n) is 18.0. The minimum absolute atomic E-state index is 0.0119. The number of hydrogen-bond donors (Lipinski definition) is 3. The Kier molecular flexibility index (Phi) is 11.4. The van der Waals surface area contributed by atoms with Gasteiger partial charge in [-0.1, -0.05) is 37.6 Å². The zero-order valence-electron chi connectivity index (χ0n) is 34.8. The molecule has 0 radical (unpaired) electrons. The monoisotopic (exact) mass is 893 g/mol. The van der Waals surface area contributed by atoms with E-state index in [1.165, 1.54) is 0 Å². The van der Waals surface area contributed by atoms with Gasteiger partial charge in [-0.25, -0.2) is 31.4 Å². The molecule has 0 unspecified atom stereocenters. The number of alkyl halides is 3. The van der Waals surface area contributed by atoms with Crippen LogP contribution < -0.4 is 14.8 Å². The van der Waals surface area contributed by atoms with Crippen LogP contribution in [0.4, 0.5) is 18.0 Å². The number of aromatic nitrogens is 3. The van der Waals surface area contributed by atoms with E-state index < -0.39 is 92.3 Å². The van der Waals surface area contributed by atoms with Crippen LogP contribution in [0.5, 0.6) is 5.88 Å². The standard InChI is InChI=1S/C41H51ClF3N7O8S/c1-22-9-7-8-10-25-18-41(25,35(55)49-61(58,59)40(21-43)13-14-40)48-32(53)30-17-27(60-33-28-16-26(42)11-12-29(28)51-19-24(3)46-36(51)47-33)20-50(30)34(54)31(23(2)15-22)52(37(56)57)38(4,5)39(6,44)45/h8,10-12,16,19,22-23,25,27,30-31H,7,9,13-15,17-18,20-21H2,1-6H3,(H,48,53)(H,49,55)(H,56,57)/t22-,23+,25+,27+,30-,31-,41+/m0/s1. The van der Waals surface area contributed by atoms with Gasteiger partial charge in [0.2, 0.25) is 33.5 Å². The van der Waals surface area contributed by atoms with Crippen molar-refractivity contribution in [3.63, 3.8) is 0 Å². The first kappa shape index (κ1) is 44.4. The number of ether oxygens (including phenoxy) is 1. The molecule has 2 aromatic heterocycles. The third kappa shape index (κ3) is 8.00. The van der Waals surface area contributed by atoms with Crippen LogP contribution in [-0.2, 0) is 24.4 Å². The lowest BCUT2D eigenvalue weighted by molar-refractivity contribution is -0.156. The SMILES string of the molecule is Cc1cn2c(n1)nc(O[C@@H]1C[C@H]3C(=O)N[C@]4(C(=O)NS(=O)(=O)C5(CF)CC5)C[C@H]4C=CCC[C@H](C)C[C@@H](C)[C@H](N(C(=O)O)C(C)(C)C(C)(F)F)C(=O)N3C1)c1cc(Cl)ccc12. The molecule has 4 amide bonds. The van der Waals surface area contributed by atoms with Crippen LogP contribution in [0.3, 0.4) is 0 Å². The van der Waals surface area contributed by atoms with Crippen molar-refractivity contribution >= 4 is 62.1 Å². The number of carbonyl (C=O) groups is 4. The third-order valence-corrected chi connectivity index (χ3v) is 15.5. The molecule has 2 aliphatic carbocycles. The molecule has 332 valence electrons. The molecule has 4 aliphatic rings. The Balaban J connectivity index is 1.31. The fraction of sp³-hybridized carbons (Fsp3) is 0.610. The second-order valence-corrected chi connectivity index (χ2v) is 20.5. The number of carbonyl (C=O) groups excluding carboxylic acids is 3. The summed E-state index contributed by atoms with van der Waals surface area (Å²) in [6.45, 7) is 6.41. The lowest BCUT2D eigenvalue weighted by Crippen LogP contribution is -2.66. The zero-order valence-corrected chi connectivity index (χ0v) is 36.3. The smallest absolute Gasteiger partial charge is 0.408 e. The van der Waals surface area contributed by atoms with E-state index in [9.17, 15) is 32.3 Å². The summed E-state index contributed by atoms with van der Waals surface area (Å²) in [6, 6.07) is 1.86. The van der Waals surface area contributed by atoms with E-state index >= 15 is 13.6 Å². The van der Waals surface area contributed by atoms with E-state index in [0.29, 0.717) is 46.3 Å². The molecule has 1 saturated heterocycles. The number of halogens is 4. The highest BCUT2D eigenvalue weighted by Crippen LogP contribution is 2.48. The molecule has 0 spiro atoms. The van der Waals surface area contributed by atoms with Gasteiger partial charge in [-0.05, 0) is 89.3 Å². The van der Waals surface area contributed by atoms with Crippen LogP contribution in [0.15, 0.2) is 36.5 Å². The predicted molar refractivity (Wildman–Crippen MR) is 218 cm³/mol. The number of rotatable bonds is 9. The molecule has 2 aliphatic heterocycles. The Morgan fingerprint density at radius 3 is 2.49 bits per heavy atom. The maximum absolute atomic E-state index is 15.4. The fourth-order valence-corrected chi connectivity index (χ4v) is 10.4. The van der Waals surface area contributed by atoms with Gasteiger partial charge < -0.3 is 20.1 Å². The van der Waals surface area contributed by atoms with Gasteiger partial charge in [0.1, 0.15) is 40.7 Å². The molecular formula is C41H51ClF3N7O8S. The number of allylic oxidation sites excluding steroid dienone is 1. The molecule has 20 heteroatoms. The van der Waals surface area contributed by atoms with Crippen LogP contribution in [-0.4, -0.2) is 115 Å². The Morgan fingerprint density at radius 1 is 1.15 bits per heavy atom. The number of nitrogens with zero attached hydrogens (tertiary/aromatic N) is 5. The molecule has 3 aromatic rings. The zero-order chi connectivity index (χ0) is 44.6. The summed E-state index contributed by atoms with van der Waals surface area (Å²) in [4.78, 5) is 67.8. The summed E-state index contributed by atoms with van der Waals surface area (Å²) in [6.07, 6.45) is 3.52. The van der Waals surface area contributed by atoms with Gasteiger partial charge in [0.25, 0.3) is 11.8 Å². The number of hydrogen-bond acceptors (Lipinski definition) is 9. The van der Waals surface area contributed by atoms with Gasteiger partial charge in [0, 0.05) is 30.5 Å². The number of fused-ring (bicyclic) bond motifs is 5. The molecule has 3 N–H and O–H groups in total. The molecule has 3 fully saturated rings. The normalized spacial score (nSPS) is 28.3. The average molecular weight is 894 g/mol. The van der Waals surface area contributed by atoms with Crippen LogP contribution in [0.2, 0.25) is 5.02 Å². The van der Waals surface area contributed by atoms with Crippen molar-refractivity contribution in [1.29, 1.82) is 0 Å². The van der Waals surface area contributed by atoms with Crippen molar-refractivity contribution in [2.24, 2.45) is 17.8 Å². The minimum atomic E-state index is -4.49. The number of carboxylic acid groups (broad SMARTS) is 1. The Morgan fingerprint density at radius 2 is 1.85 bits per heavy atom. The van der Waals surface area contributed by atoms with Crippen molar-refractivity contribution in [2.75, 3.05) is 13.2 Å². The number of sulfonamides is 1. The molecule has 61 heavy (non-hydrogen) atoms. The summed E-state index contributed by atoms with van der Waals surface area (Å²) in [5, 5.41) is 14.2. The van der Waals surface area contributed by atoms with Crippen LogP contribution in [0.1, 0.15) is 85.3 Å². The van der Waals surface area contributed by atoms with E-state index in [-0.39, 0.29) is 56.2 Å². The number of aryl methyl sites for hydroxylation is 1. The number of benzene rings is 1. The summed E-state index contributed by atoms with van der Waals surface area (Å²) in [5.74, 6) is -7.85. The quantitative estimate of drug-likeness (QED) is 0.221. The van der Waals surface area contributed by atoms with E-state index in [1.807, 2.05) is 11.6 Å². The summed E-state index contributed by atoms with van der Waals surface area (Å²) >= 11 is 6.41. The van der Waals surface area contributed by atoms with Gasteiger partial charge >= 0.3 is 6.09 Å². The largest absolute Gasteiger partial charge is 0.472 e. The maximum Gasteiger partial charge on any atom is 0.408 e. The maximum atomic E-state index is 15.4. The Hall–Kier alpha value is -4.65.